The third-order valence-corrected chi connectivity index (χ3v) is 5.95. The number of carbonyl (C=O) groups excluding carboxylic acids is 1. The van der Waals surface area contributed by atoms with Gasteiger partial charge in [-0.2, -0.15) is 0 Å². The van der Waals surface area contributed by atoms with Crippen molar-refractivity contribution in [2.45, 2.75) is 31.2 Å². The highest BCUT2D eigenvalue weighted by Gasteiger charge is 2.36. The van der Waals surface area contributed by atoms with Gasteiger partial charge in [0.25, 0.3) is 0 Å². The smallest absolute Gasteiger partial charge is 0.408 e. The van der Waals surface area contributed by atoms with E-state index in [1.54, 1.807) is 0 Å². The van der Waals surface area contributed by atoms with Crippen LogP contribution in [0.1, 0.15) is 36.0 Å². The molecule has 3 aromatic carbocycles. The molecule has 2 N–H and O–H groups in total. The van der Waals surface area contributed by atoms with Gasteiger partial charge in [-0.15, -0.1) is 0 Å². The first-order valence-electron chi connectivity index (χ1n) is 10.4. The minimum atomic E-state index is -1.42. The van der Waals surface area contributed by atoms with Crippen molar-refractivity contribution in [1.29, 1.82) is 0 Å². The van der Waals surface area contributed by atoms with Crippen LogP contribution in [0.25, 0.3) is 11.1 Å². The number of ether oxygens (including phenoxy) is 1. The molecule has 158 valence electrons. The van der Waals surface area contributed by atoms with E-state index < -0.39 is 17.6 Å². The Hall–Kier alpha value is -3.60. The molecule has 0 aliphatic heterocycles. The van der Waals surface area contributed by atoms with Gasteiger partial charge >= 0.3 is 12.1 Å². The van der Waals surface area contributed by atoms with E-state index in [9.17, 15) is 14.7 Å². The van der Waals surface area contributed by atoms with E-state index >= 15 is 0 Å². The lowest BCUT2D eigenvalue weighted by atomic mass is 9.93. The molecule has 1 atom stereocenters. The van der Waals surface area contributed by atoms with E-state index in [0.717, 1.165) is 27.8 Å². The Morgan fingerprint density at radius 1 is 0.903 bits per heavy atom. The minimum Gasteiger partial charge on any atom is -0.480 e. The Morgan fingerprint density at radius 2 is 1.45 bits per heavy atom. The van der Waals surface area contributed by atoms with Crippen molar-refractivity contribution in [3.63, 3.8) is 0 Å². The van der Waals surface area contributed by atoms with Crippen LogP contribution in [-0.4, -0.2) is 29.3 Å². The Morgan fingerprint density at radius 3 is 2.03 bits per heavy atom. The lowest BCUT2D eigenvalue weighted by molar-refractivity contribution is -0.144. The lowest BCUT2D eigenvalue weighted by Gasteiger charge is -2.26. The molecule has 0 heterocycles. The summed E-state index contributed by atoms with van der Waals surface area (Å²) in [7, 11) is 0. The molecule has 0 radical (unpaired) electrons. The monoisotopic (exact) mass is 415 g/mol. The fourth-order valence-corrected chi connectivity index (χ4v) is 4.12. The summed E-state index contributed by atoms with van der Waals surface area (Å²) in [5.41, 5.74) is 4.11. The molecular formula is C26H25NO4. The molecule has 0 fully saturated rings. The van der Waals surface area contributed by atoms with Crippen LogP contribution in [0.3, 0.4) is 0 Å². The Bertz CT molecular complexity index is 1050. The van der Waals surface area contributed by atoms with Crippen molar-refractivity contribution in [2.75, 3.05) is 6.61 Å². The molecule has 0 saturated heterocycles. The summed E-state index contributed by atoms with van der Waals surface area (Å²) in [6.45, 7) is 1.66. The van der Waals surface area contributed by atoms with Crippen LogP contribution in [0.4, 0.5) is 4.79 Å². The van der Waals surface area contributed by atoms with Crippen LogP contribution in [0.5, 0.6) is 0 Å². The van der Waals surface area contributed by atoms with E-state index in [1.165, 1.54) is 6.92 Å². The van der Waals surface area contributed by atoms with Gasteiger partial charge in [0.1, 0.15) is 12.1 Å². The summed E-state index contributed by atoms with van der Waals surface area (Å²) in [5, 5.41) is 12.3. The average Bonchev–Trinajstić information content (AvgIpc) is 3.11. The first kappa shape index (κ1) is 20.7. The molecular weight excluding hydrogens is 390 g/mol. The zero-order chi connectivity index (χ0) is 21.8. The number of rotatable bonds is 7. The molecule has 0 saturated carbocycles. The van der Waals surface area contributed by atoms with Gasteiger partial charge in [0.05, 0.1) is 0 Å². The largest absolute Gasteiger partial charge is 0.480 e. The lowest BCUT2D eigenvalue weighted by Crippen LogP contribution is -2.52. The summed E-state index contributed by atoms with van der Waals surface area (Å²) < 4.78 is 5.52. The molecule has 0 bridgehead atoms. The molecule has 0 spiro atoms. The first-order chi connectivity index (χ1) is 15.0. The second-order valence-corrected chi connectivity index (χ2v) is 8.07. The van der Waals surface area contributed by atoms with Gasteiger partial charge < -0.3 is 15.2 Å². The molecule has 1 aliphatic carbocycles. The van der Waals surface area contributed by atoms with Crippen molar-refractivity contribution in [2.24, 2.45) is 0 Å². The van der Waals surface area contributed by atoms with Gasteiger partial charge in [0.2, 0.25) is 0 Å². The van der Waals surface area contributed by atoms with E-state index in [4.69, 9.17) is 4.74 Å². The second-order valence-electron chi connectivity index (χ2n) is 8.07. The Balaban J connectivity index is 1.43. The summed E-state index contributed by atoms with van der Waals surface area (Å²) in [5.74, 6) is -1.16. The maximum absolute atomic E-state index is 12.6. The van der Waals surface area contributed by atoms with Gasteiger partial charge in [-0.25, -0.2) is 9.59 Å². The van der Waals surface area contributed by atoms with E-state index in [-0.39, 0.29) is 18.9 Å². The standard InChI is InChI=1S/C26H25NO4/c1-26(24(28)29,16-15-18-9-3-2-4-10-18)27-25(30)31-17-23-21-13-7-5-11-19(21)20-12-6-8-14-22(20)23/h2-14,23H,15-17H2,1H3,(H,27,30)(H,28,29)/t26-/m1/s1. The number of carboxylic acids is 1. The quantitative estimate of drug-likeness (QED) is 0.569. The number of benzene rings is 3. The van der Waals surface area contributed by atoms with Crippen LogP contribution in [0.15, 0.2) is 78.9 Å². The van der Waals surface area contributed by atoms with Crippen molar-refractivity contribution in [1.82, 2.24) is 5.32 Å². The number of fused-ring (bicyclic) bond motifs is 3. The number of alkyl carbamates (subject to hydrolysis) is 1. The Labute approximate surface area is 181 Å². The van der Waals surface area contributed by atoms with Crippen LogP contribution < -0.4 is 5.32 Å². The van der Waals surface area contributed by atoms with Gasteiger partial charge in [-0.05, 0) is 47.6 Å². The van der Waals surface area contributed by atoms with Gasteiger partial charge in [-0.3, -0.25) is 0 Å². The topological polar surface area (TPSA) is 75.6 Å². The normalized spacial score (nSPS) is 14.2. The summed E-state index contributed by atoms with van der Waals surface area (Å²) in [6, 6.07) is 25.8. The highest BCUT2D eigenvalue weighted by Crippen LogP contribution is 2.44. The third kappa shape index (κ3) is 4.31. The Kier molecular flexibility index (Phi) is 5.76. The maximum atomic E-state index is 12.6. The summed E-state index contributed by atoms with van der Waals surface area (Å²) in [6.07, 6.45) is 0.0731. The van der Waals surface area contributed by atoms with Gasteiger partial charge in [-0.1, -0.05) is 78.9 Å². The molecule has 4 rings (SSSR count). The van der Waals surface area contributed by atoms with Crippen LogP contribution in [0, 0.1) is 0 Å². The first-order valence-corrected chi connectivity index (χ1v) is 10.4. The minimum absolute atomic E-state index is 0.0708. The van der Waals surface area contributed by atoms with Crippen LogP contribution >= 0.6 is 0 Å². The van der Waals surface area contributed by atoms with Crippen LogP contribution in [0.2, 0.25) is 0 Å². The number of carboxylic acid groups (broad SMARTS) is 1. The molecule has 5 heteroatoms. The highest BCUT2D eigenvalue weighted by molar-refractivity contribution is 5.84. The number of aliphatic carboxylic acids is 1. The highest BCUT2D eigenvalue weighted by atomic mass is 16.5. The zero-order valence-corrected chi connectivity index (χ0v) is 17.4. The summed E-state index contributed by atoms with van der Waals surface area (Å²) in [4.78, 5) is 24.5. The van der Waals surface area contributed by atoms with Crippen molar-refractivity contribution >= 4 is 12.1 Å². The fraction of sp³-hybridized carbons (Fsp3) is 0.231. The number of nitrogens with one attached hydrogen (secondary N) is 1. The molecule has 0 aromatic heterocycles. The molecule has 1 amide bonds. The zero-order valence-electron chi connectivity index (χ0n) is 17.4. The molecule has 31 heavy (non-hydrogen) atoms. The number of hydrogen-bond acceptors (Lipinski definition) is 3. The van der Waals surface area contributed by atoms with Crippen molar-refractivity contribution in [3.05, 3.63) is 95.6 Å². The number of amides is 1. The SMILES string of the molecule is C[C@](CCc1ccccc1)(NC(=O)OCC1c2ccccc2-c2ccccc21)C(=O)O. The van der Waals surface area contributed by atoms with Crippen LogP contribution in [-0.2, 0) is 16.0 Å². The average molecular weight is 415 g/mol. The second kappa shape index (κ2) is 8.64. The van der Waals surface area contributed by atoms with E-state index in [2.05, 4.69) is 17.4 Å². The third-order valence-electron chi connectivity index (χ3n) is 5.95. The fourth-order valence-electron chi connectivity index (χ4n) is 4.12. The predicted octanol–water partition coefficient (Wildman–Crippen LogP) is 5.00. The van der Waals surface area contributed by atoms with E-state index in [0.29, 0.717) is 6.42 Å². The van der Waals surface area contributed by atoms with E-state index in [1.807, 2.05) is 66.7 Å². The van der Waals surface area contributed by atoms with Gasteiger partial charge in [0.15, 0.2) is 0 Å². The summed E-state index contributed by atoms with van der Waals surface area (Å²) >= 11 is 0. The number of aryl methyl sites for hydroxylation is 1. The predicted molar refractivity (Wildman–Crippen MR) is 119 cm³/mol. The molecule has 0 unspecified atom stereocenters. The van der Waals surface area contributed by atoms with Crippen molar-refractivity contribution < 1.29 is 19.4 Å². The maximum Gasteiger partial charge on any atom is 0.408 e. The number of carbonyl (C=O) groups is 2. The number of hydrogen-bond donors (Lipinski definition) is 2. The molecule has 5 nitrogen and oxygen atoms in total. The molecule has 3 aromatic rings. The molecule has 1 aliphatic rings. The van der Waals surface area contributed by atoms with Crippen molar-refractivity contribution in [3.8, 4) is 11.1 Å². The van der Waals surface area contributed by atoms with Gasteiger partial charge in [0, 0.05) is 5.92 Å².